The maximum absolute atomic E-state index is 11.2. The Morgan fingerprint density at radius 1 is 1.41 bits per heavy atom. The first-order chi connectivity index (χ1) is 7.91. The number of hydrogen-bond donors (Lipinski definition) is 1. The first kappa shape index (κ1) is 14.0. The Hall–Kier alpha value is -1.05. The van der Waals surface area contributed by atoms with Gasteiger partial charge in [0.25, 0.3) is 0 Å². The highest BCUT2D eigenvalue weighted by atomic mass is 16.4. The van der Waals surface area contributed by atoms with Gasteiger partial charge in [0.15, 0.2) is 0 Å². The van der Waals surface area contributed by atoms with Gasteiger partial charge in [-0.15, -0.1) is 0 Å². The molecule has 1 aliphatic carbocycles. The molecule has 0 spiro atoms. The Kier molecular flexibility index (Phi) is 4.98. The topological polar surface area (TPSA) is 37.3 Å². The van der Waals surface area contributed by atoms with Gasteiger partial charge in [-0.2, -0.15) is 0 Å². The van der Waals surface area contributed by atoms with Crippen molar-refractivity contribution in [2.75, 3.05) is 0 Å². The monoisotopic (exact) mass is 236 g/mol. The molecule has 0 aliphatic heterocycles. The van der Waals surface area contributed by atoms with E-state index in [1.54, 1.807) is 0 Å². The summed E-state index contributed by atoms with van der Waals surface area (Å²) in [5.41, 5.74) is 0.979. The van der Waals surface area contributed by atoms with E-state index in [0.717, 1.165) is 12.0 Å². The summed E-state index contributed by atoms with van der Waals surface area (Å²) in [7, 11) is 0. The predicted octanol–water partition coefficient (Wildman–Crippen LogP) is 3.89. The zero-order valence-electron chi connectivity index (χ0n) is 11.3. The molecule has 2 unspecified atom stereocenters. The Balaban J connectivity index is 2.68. The van der Waals surface area contributed by atoms with Gasteiger partial charge in [-0.1, -0.05) is 45.9 Å². The molecule has 0 radical (unpaired) electrons. The van der Waals surface area contributed by atoms with Gasteiger partial charge < -0.3 is 5.11 Å². The molecular formula is C15H24O2. The Morgan fingerprint density at radius 2 is 2.06 bits per heavy atom. The van der Waals surface area contributed by atoms with Crippen LogP contribution in [0, 0.1) is 23.7 Å². The van der Waals surface area contributed by atoms with Crippen molar-refractivity contribution < 1.29 is 9.90 Å². The molecule has 2 heteroatoms. The van der Waals surface area contributed by atoms with E-state index in [2.05, 4.69) is 26.0 Å². The van der Waals surface area contributed by atoms with Crippen molar-refractivity contribution in [2.24, 2.45) is 23.7 Å². The zero-order chi connectivity index (χ0) is 13.0. The van der Waals surface area contributed by atoms with E-state index in [9.17, 15) is 9.90 Å². The van der Waals surface area contributed by atoms with Crippen LogP contribution in [0.25, 0.3) is 0 Å². The number of rotatable bonds is 5. The Morgan fingerprint density at radius 3 is 2.41 bits per heavy atom. The van der Waals surface area contributed by atoms with Crippen LogP contribution in [0.2, 0.25) is 0 Å². The molecule has 1 aliphatic rings. The van der Waals surface area contributed by atoms with Crippen LogP contribution in [-0.4, -0.2) is 11.1 Å². The molecule has 0 saturated carbocycles. The fourth-order valence-corrected chi connectivity index (χ4v) is 2.50. The van der Waals surface area contributed by atoms with Gasteiger partial charge in [0, 0.05) is 0 Å². The van der Waals surface area contributed by atoms with Crippen LogP contribution in [0.3, 0.4) is 0 Å². The quantitative estimate of drug-likeness (QED) is 0.786. The second-order valence-corrected chi connectivity index (χ2v) is 5.75. The van der Waals surface area contributed by atoms with E-state index in [1.807, 2.05) is 19.9 Å². The molecule has 0 aromatic heterocycles. The highest BCUT2D eigenvalue weighted by Crippen LogP contribution is 2.29. The van der Waals surface area contributed by atoms with Crippen molar-refractivity contribution in [3.8, 4) is 0 Å². The minimum Gasteiger partial charge on any atom is -0.481 e. The van der Waals surface area contributed by atoms with Gasteiger partial charge in [-0.25, -0.2) is 0 Å². The van der Waals surface area contributed by atoms with Gasteiger partial charge in [0.2, 0.25) is 0 Å². The van der Waals surface area contributed by atoms with Gasteiger partial charge in [0.1, 0.15) is 0 Å². The Bertz CT molecular complexity index is 324. The lowest BCUT2D eigenvalue weighted by Gasteiger charge is -2.23. The minimum atomic E-state index is -0.710. The lowest BCUT2D eigenvalue weighted by atomic mass is 9.82. The standard InChI is InChI=1S/C15H24O2/c1-10(2)9-12-5-7-13(8-6-12)14(11(3)4)15(16)17/h5,7-8,10-12,14H,6,9H2,1-4H3,(H,16,17). The van der Waals surface area contributed by atoms with E-state index >= 15 is 0 Å². The second kappa shape index (κ2) is 6.04. The number of aliphatic carboxylic acids is 1. The summed E-state index contributed by atoms with van der Waals surface area (Å²) in [5.74, 6) is 0.356. The number of allylic oxidation sites excluding steroid dienone is 3. The molecule has 0 heterocycles. The van der Waals surface area contributed by atoms with E-state index in [1.165, 1.54) is 6.42 Å². The maximum atomic E-state index is 11.2. The molecule has 1 N–H and O–H groups in total. The third kappa shape index (κ3) is 4.03. The molecular weight excluding hydrogens is 212 g/mol. The third-order valence-electron chi connectivity index (χ3n) is 3.28. The largest absolute Gasteiger partial charge is 0.481 e. The van der Waals surface area contributed by atoms with Gasteiger partial charge in [-0.05, 0) is 36.2 Å². The summed E-state index contributed by atoms with van der Waals surface area (Å²) in [6.45, 7) is 8.38. The number of carboxylic acid groups (broad SMARTS) is 1. The zero-order valence-corrected chi connectivity index (χ0v) is 11.3. The third-order valence-corrected chi connectivity index (χ3v) is 3.28. The SMILES string of the molecule is CC(C)CC1C=CC(C(C(=O)O)C(C)C)=CC1. The average Bonchev–Trinajstić information content (AvgIpc) is 2.18. The first-order valence-electron chi connectivity index (χ1n) is 6.52. The lowest BCUT2D eigenvalue weighted by molar-refractivity contribution is -0.141. The summed E-state index contributed by atoms with van der Waals surface area (Å²) < 4.78 is 0. The normalized spacial score (nSPS) is 21.8. The molecule has 0 amide bonds. The van der Waals surface area contributed by atoms with E-state index in [0.29, 0.717) is 11.8 Å². The molecule has 17 heavy (non-hydrogen) atoms. The molecule has 96 valence electrons. The van der Waals surface area contributed by atoms with Crippen LogP contribution in [0.15, 0.2) is 23.8 Å². The number of hydrogen-bond acceptors (Lipinski definition) is 1. The molecule has 0 fully saturated rings. The molecule has 0 saturated heterocycles. The van der Waals surface area contributed by atoms with Crippen molar-refractivity contribution in [3.05, 3.63) is 23.8 Å². The fourth-order valence-electron chi connectivity index (χ4n) is 2.50. The smallest absolute Gasteiger partial charge is 0.311 e. The predicted molar refractivity (Wildman–Crippen MR) is 70.7 cm³/mol. The molecule has 2 nitrogen and oxygen atoms in total. The van der Waals surface area contributed by atoms with Crippen LogP contribution in [0.1, 0.15) is 40.5 Å². The molecule has 0 aromatic rings. The highest BCUT2D eigenvalue weighted by Gasteiger charge is 2.25. The molecule has 2 atom stereocenters. The first-order valence-corrected chi connectivity index (χ1v) is 6.52. The van der Waals surface area contributed by atoms with Crippen LogP contribution in [0.5, 0.6) is 0 Å². The summed E-state index contributed by atoms with van der Waals surface area (Å²) in [6.07, 6.45) is 8.50. The fraction of sp³-hybridized carbons (Fsp3) is 0.667. The number of carbonyl (C=O) groups is 1. The van der Waals surface area contributed by atoms with Crippen molar-refractivity contribution in [2.45, 2.75) is 40.5 Å². The maximum Gasteiger partial charge on any atom is 0.311 e. The minimum absolute atomic E-state index is 0.144. The Labute approximate surface area is 104 Å². The molecule has 0 bridgehead atoms. The van der Waals surface area contributed by atoms with Gasteiger partial charge >= 0.3 is 5.97 Å². The lowest BCUT2D eigenvalue weighted by Crippen LogP contribution is -2.22. The summed E-state index contributed by atoms with van der Waals surface area (Å²) in [4.78, 5) is 11.2. The van der Waals surface area contributed by atoms with Crippen molar-refractivity contribution in [1.29, 1.82) is 0 Å². The highest BCUT2D eigenvalue weighted by molar-refractivity contribution is 5.75. The van der Waals surface area contributed by atoms with Gasteiger partial charge in [0.05, 0.1) is 5.92 Å². The summed E-state index contributed by atoms with van der Waals surface area (Å²) in [5, 5.41) is 9.23. The summed E-state index contributed by atoms with van der Waals surface area (Å²) in [6, 6.07) is 0. The molecule has 0 aromatic carbocycles. The van der Waals surface area contributed by atoms with Crippen LogP contribution in [0.4, 0.5) is 0 Å². The summed E-state index contributed by atoms with van der Waals surface area (Å²) >= 11 is 0. The van der Waals surface area contributed by atoms with Crippen LogP contribution < -0.4 is 0 Å². The van der Waals surface area contributed by atoms with Crippen molar-refractivity contribution in [3.63, 3.8) is 0 Å². The van der Waals surface area contributed by atoms with E-state index in [-0.39, 0.29) is 11.8 Å². The van der Waals surface area contributed by atoms with E-state index in [4.69, 9.17) is 0 Å². The second-order valence-electron chi connectivity index (χ2n) is 5.75. The average molecular weight is 236 g/mol. The van der Waals surface area contributed by atoms with E-state index < -0.39 is 5.97 Å². The van der Waals surface area contributed by atoms with Crippen LogP contribution in [-0.2, 0) is 4.79 Å². The van der Waals surface area contributed by atoms with Gasteiger partial charge in [-0.3, -0.25) is 4.79 Å². The number of carboxylic acids is 1. The molecule has 1 rings (SSSR count). The van der Waals surface area contributed by atoms with Crippen molar-refractivity contribution in [1.82, 2.24) is 0 Å². The van der Waals surface area contributed by atoms with Crippen molar-refractivity contribution >= 4 is 5.97 Å². The van der Waals surface area contributed by atoms with Crippen LogP contribution >= 0.6 is 0 Å².